The molecule has 2 rings (SSSR count). The molecule has 1 aromatic heterocycles. The van der Waals surface area contributed by atoms with Crippen molar-refractivity contribution in [2.45, 2.75) is 13.8 Å². The van der Waals surface area contributed by atoms with Gasteiger partial charge in [-0.25, -0.2) is 4.39 Å². The van der Waals surface area contributed by atoms with Crippen molar-refractivity contribution in [2.24, 2.45) is 12.0 Å². The van der Waals surface area contributed by atoms with Crippen LogP contribution in [0.1, 0.15) is 17.0 Å². The topological polar surface area (TPSA) is 17.3 Å². The molecule has 0 spiro atoms. The van der Waals surface area contributed by atoms with Crippen LogP contribution >= 0.6 is 11.6 Å². The van der Waals surface area contributed by atoms with E-state index in [-0.39, 0.29) is 5.02 Å². The maximum Gasteiger partial charge on any atom is 0.141 e. The zero-order chi connectivity index (χ0) is 13.3. The Labute approximate surface area is 111 Å². The molecular weight excluding hydrogens is 251 g/mol. The van der Waals surface area contributed by atoms with Crippen LogP contribution in [0.25, 0.3) is 0 Å². The van der Waals surface area contributed by atoms with Crippen LogP contribution in [0.15, 0.2) is 29.3 Å². The second kappa shape index (κ2) is 4.94. The van der Waals surface area contributed by atoms with Gasteiger partial charge in [-0.3, -0.25) is 4.99 Å². The summed E-state index contributed by atoms with van der Waals surface area (Å²) in [7, 11) is 2.01. The number of nitrogens with zero attached hydrogens (tertiary/aromatic N) is 2. The number of hydrogen-bond donors (Lipinski definition) is 0. The molecule has 2 nitrogen and oxygen atoms in total. The third-order valence-electron chi connectivity index (χ3n) is 3.07. The number of rotatable bonds is 2. The second-order valence-corrected chi connectivity index (χ2v) is 4.65. The highest BCUT2D eigenvalue weighted by molar-refractivity contribution is 6.31. The van der Waals surface area contributed by atoms with Crippen molar-refractivity contribution in [1.82, 2.24) is 4.57 Å². The molecule has 0 aliphatic heterocycles. The summed E-state index contributed by atoms with van der Waals surface area (Å²) in [6.07, 6.45) is 1.77. The average Bonchev–Trinajstić information content (AvgIpc) is 2.58. The van der Waals surface area contributed by atoms with E-state index in [4.69, 9.17) is 11.6 Å². The fourth-order valence-electron chi connectivity index (χ4n) is 1.72. The lowest BCUT2D eigenvalue weighted by Crippen LogP contribution is -1.93. The summed E-state index contributed by atoms with van der Waals surface area (Å²) >= 11 is 5.70. The van der Waals surface area contributed by atoms with Gasteiger partial charge in [0.25, 0.3) is 0 Å². The maximum absolute atomic E-state index is 13.0. The minimum absolute atomic E-state index is 0.0885. The van der Waals surface area contributed by atoms with Crippen molar-refractivity contribution in [1.29, 1.82) is 0 Å². The summed E-state index contributed by atoms with van der Waals surface area (Å²) in [6.45, 7) is 4.07. The number of hydrogen-bond acceptors (Lipinski definition) is 1. The summed E-state index contributed by atoms with van der Waals surface area (Å²) in [4.78, 5) is 4.30. The zero-order valence-corrected chi connectivity index (χ0v) is 11.3. The Kier molecular flexibility index (Phi) is 3.53. The molecule has 0 fully saturated rings. The Morgan fingerprint density at radius 1 is 1.28 bits per heavy atom. The SMILES string of the molecule is Cc1cc(C=Nc2ccc(F)c(Cl)c2)c(C)n1C. The van der Waals surface area contributed by atoms with E-state index < -0.39 is 5.82 Å². The quantitative estimate of drug-likeness (QED) is 0.724. The Hall–Kier alpha value is -1.61. The monoisotopic (exact) mass is 264 g/mol. The van der Waals surface area contributed by atoms with E-state index in [0.717, 1.165) is 11.3 Å². The minimum atomic E-state index is -0.428. The first-order chi connectivity index (χ1) is 8.49. The Morgan fingerprint density at radius 3 is 2.56 bits per heavy atom. The van der Waals surface area contributed by atoms with Gasteiger partial charge >= 0.3 is 0 Å². The van der Waals surface area contributed by atoms with Crippen molar-refractivity contribution in [2.75, 3.05) is 0 Å². The van der Waals surface area contributed by atoms with Crippen LogP contribution in [0.2, 0.25) is 5.02 Å². The lowest BCUT2D eigenvalue weighted by Gasteiger charge is -1.99. The average molecular weight is 265 g/mol. The normalized spacial score (nSPS) is 11.4. The van der Waals surface area contributed by atoms with Gasteiger partial charge in [-0.2, -0.15) is 0 Å². The molecule has 0 atom stereocenters. The number of halogens is 2. The van der Waals surface area contributed by atoms with Gasteiger partial charge in [-0.15, -0.1) is 0 Å². The minimum Gasteiger partial charge on any atom is -0.352 e. The fourth-order valence-corrected chi connectivity index (χ4v) is 1.90. The first-order valence-electron chi connectivity index (χ1n) is 5.61. The fraction of sp³-hybridized carbons (Fsp3) is 0.214. The smallest absolute Gasteiger partial charge is 0.141 e. The van der Waals surface area contributed by atoms with Crippen LogP contribution in [-0.2, 0) is 7.05 Å². The Balaban J connectivity index is 2.30. The molecule has 1 heterocycles. The van der Waals surface area contributed by atoms with E-state index in [1.165, 1.54) is 17.8 Å². The second-order valence-electron chi connectivity index (χ2n) is 4.24. The predicted octanol–water partition coefficient (Wildman–Crippen LogP) is 4.19. The summed E-state index contributed by atoms with van der Waals surface area (Å²) in [6, 6.07) is 6.49. The van der Waals surface area contributed by atoms with Crippen molar-refractivity contribution in [3.63, 3.8) is 0 Å². The summed E-state index contributed by atoms with van der Waals surface area (Å²) in [5.41, 5.74) is 4.01. The van der Waals surface area contributed by atoms with Gasteiger partial charge in [-0.1, -0.05) is 11.6 Å². The van der Waals surface area contributed by atoms with Gasteiger partial charge in [0.2, 0.25) is 0 Å². The van der Waals surface area contributed by atoms with Crippen molar-refractivity contribution in [3.8, 4) is 0 Å². The molecular formula is C14H14ClFN2. The van der Waals surface area contributed by atoms with E-state index >= 15 is 0 Å². The molecule has 0 N–H and O–H groups in total. The molecule has 0 saturated carbocycles. The van der Waals surface area contributed by atoms with Gasteiger partial charge in [-0.05, 0) is 38.1 Å². The molecule has 18 heavy (non-hydrogen) atoms. The first-order valence-corrected chi connectivity index (χ1v) is 5.99. The standard InChI is InChI=1S/C14H14ClFN2/c1-9-6-11(10(2)18(9)3)8-17-12-4-5-14(16)13(15)7-12/h4-8H,1-3H3. The summed E-state index contributed by atoms with van der Waals surface area (Å²) < 4.78 is 15.1. The van der Waals surface area contributed by atoms with Gasteiger partial charge in [0.05, 0.1) is 10.7 Å². The highest BCUT2D eigenvalue weighted by Crippen LogP contribution is 2.22. The molecule has 94 valence electrons. The molecule has 1 aromatic carbocycles. The lowest BCUT2D eigenvalue weighted by molar-refractivity contribution is 0.628. The van der Waals surface area contributed by atoms with Crippen molar-refractivity contribution in [3.05, 3.63) is 52.1 Å². The van der Waals surface area contributed by atoms with Gasteiger partial charge in [0.15, 0.2) is 0 Å². The third kappa shape index (κ3) is 2.46. The van der Waals surface area contributed by atoms with E-state index in [2.05, 4.69) is 15.6 Å². The van der Waals surface area contributed by atoms with Crippen LogP contribution in [0.5, 0.6) is 0 Å². The molecule has 0 aliphatic carbocycles. The molecule has 0 unspecified atom stereocenters. The molecule has 4 heteroatoms. The highest BCUT2D eigenvalue weighted by Gasteiger charge is 2.04. The van der Waals surface area contributed by atoms with E-state index in [1.54, 1.807) is 12.3 Å². The van der Waals surface area contributed by atoms with E-state index in [1.807, 2.05) is 20.9 Å². The molecule has 0 radical (unpaired) electrons. The largest absolute Gasteiger partial charge is 0.352 e. The van der Waals surface area contributed by atoms with Gasteiger partial charge in [0, 0.05) is 30.2 Å². The van der Waals surface area contributed by atoms with E-state index in [0.29, 0.717) is 5.69 Å². The first kappa shape index (κ1) is 12.8. The van der Waals surface area contributed by atoms with Crippen molar-refractivity contribution < 1.29 is 4.39 Å². The summed E-state index contributed by atoms with van der Waals surface area (Å²) in [5.74, 6) is -0.428. The van der Waals surface area contributed by atoms with Crippen LogP contribution in [0.4, 0.5) is 10.1 Å². The van der Waals surface area contributed by atoms with Gasteiger partial charge in [0.1, 0.15) is 5.82 Å². The van der Waals surface area contributed by atoms with Crippen LogP contribution in [0.3, 0.4) is 0 Å². The third-order valence-corrected chi connectivity index (χ3v) is 3.36. The maximum atomic E-state index is 13.0. The molecule has 2 aromatic rings. The number of benzene rings is 1. The van der Waals surface area contributed by atoms with Crippen LogP contribution < -0.4 is 0 Å². The predicted molar refractivity (Wildman–Crippen MR) is 73.6 cm³/mol. The Bertz CT molecular complexity index is 614. The molecule has 0 bridgehead atoms. The van der Waals surface area contributed by atoms with Crippen LogP contribution in [-0.4, -0.2) is 10.8 Å². The van der Waals surface area contributed by atoms with Crippen LogP contribution in [0, 0.1) is 19.7 Å². The van der Waals surface area contributed by atoms with E-state index in [9.17, 15) is 4.39 Å². The van der Waals surface area contributed by atoms with Gasteiger partial charge < -0.3 is 4.57 Å². The molecule has 0 saturated heterocycles. The zero-order valence-electron chi connectivity index (χ0n) is 10.5. The summed E-state index contributed by atoms with van der Waals surface area (Å²) in [5, 5.41) is 0.0885. The molecule has 0 amide bonds. The van der Waals surface area contributed by atoms with Crippen molar-refractivity contribution >= 4 is 23.5 Å². The Morgan fingerprint density at radius 2 is 2.00 bits per heavy atom. The number of aryl methyl sites for hydroxylation is 1. The number of aromatic nitrogens is 1. The highest BCUT2D eigenvalue weighted by atomic mass is 35.5. The number of aliphatic imine (C=N–C) groups is 1. The lowest BCUT2D eigenvalue weighted by atomic mass is 10.2. The molecule has 0 aliphatic rings.